The molecule has 2 aromatic rings. The Balaban J connectivity index is 1.79. The average Bonchev–Trinajstić information content (AvgIpc) is 3.11. The highest BCUT2D eigenvalue weighted by molar-refractivity contribution is 5.84. The molecule has 1 aliphatic rings. The minimum atomic E-state index is -0.225. The molecule has 0 saturated carbocycles. The van der Waals surface area contributed by atoms with Gasteiger partial charge >= 0.3 is 0 Å². The van der Waals surface area contributed by atoms with Gasteiger partial charge in [0.25, 0.3) is 0 Å². The van der Waals surface area contributed by atoms with Crippen LogP contribution in [0, 0.1) is 18.8 Å². The Kier molecular flexibility index (Phi) is 5.94. The van der Waals surface area contributed by atoms with E-state index in [0.717, 1.165) is 11.1 Å². The summed E-state index contributed by atoms with van der Waals surface area (Å²) in [5.41, 5.74) is 3.41. The maximum atomic E-state index is 13.0. The van der Waals surface area contributed by atoms with Crippen molar-refractivity contribution < 1.29 is 9.59 Å². The molecule has 27 heavy (non-hydrogen) atoms. The second kappa shape index (κ2) is 8.38. The van der Waals surface area contributed by atoms with E-state index in [1.807, 2.05) is 61.2 Å². The van der Waals surface area contributed by atoms with E-state index in [0.29, 0.717) is 19.6 Å². The fraction of sp³-hybridized carbons (Fsp3) is 0.391. The number of carbonyl (C=O) groups is 2. The number of carbonyl (C=O) groups excluding carboxylic acids is 2. The van der Waals surface area contributed by atoms with Gasteiger partial charge in [-0.2, -0.15) is 0 Å². The molecule has 0 aromatic heterocycles. The molecule has 1 fully saturated rings. The molecule has 4 nitrogen and oxygen atoms in total. The number of hydrogen-bond acceptors (Lipinski definition) is 2. The first kappa shape index (κ1) is 19.2. The van der Waals surface area contributed by atoms with Crippen LogP contribution in [-0.4, -0.2) is 29.8 Å². The van der Waals surface area contributed by atoms with E-state index in [4.69, 9.17) is 0 Å². The Morgan fingerprint density at radius 3 is 2.37 bits per heavy atom. The number of rotatable bonds is 5. The fourth-order valence-corrected chi connectivity index (χ4v) is 3.85. The van der Waals surface area contributed by atoms with Gasteiger partial charge in [-0.1, -0.05) is 68.4 Å². The van der Waals surface area contributed by atoms with Crippen LogP contribution < -0.4 is 5.32 Å². The molecule has 0 radical (unpaired) electrons. The Bertz CT molecular complexity index is 801. The molecular weight excluding hydrogens is 336 g/mol. The van der Waals surface area contributed by atoms with Crippen molar-refractivity contribution in [3.05, 3.63) is 71.3 Å². The van der Waals surface area contributed by atoms with E-state index in [1.54, 1.807) is 0 Å². The molecule has 1 heterocycles. The van der Waals surface area contributed by atoms with Gasteiger partial charge in [-0.25, -0.2) is 0 Å². The molecule has 142 valence electrons. The molecule has 0 bridgehead atoms. The van der Waals surface area contributed by atoms with E-state index in [-0.39, 0.29) is 29.6 Å². The van der Waals surface area contributed by atoms with Crippen molar-refractivity contribution in [3.63, 3.8) is 0 Å². The number of hydrogen-bond donors (Lipinski definition) is 1. The molecule has 2 unspecified atom stereocenters. The van der Waals surface area contributed by atoms with Crippen LogP contribution in [0.25, 0.3) is 0 Å². The van der Waals surface area contributed by atoms with Crippen LogP contribution in [-0.2, 0) is 16.1 Å². The van der Waals surface area contributed by atoms with Gasteiger partial charge in [0.2, 0.25) is 11.8 Å². The van der Waals surface area contributed by atoms with Gasteiger partial charge in [0, 0.05) is 31.5 Å². The summed E-state index contributed by atoms with van der Waals surface area (Å²) in [7, 11) is 0. The third-order valence-electron chi connectivity index (χ3n) is 5.36. The number of benzene rings is 2. The van der Waals surface area contributed by atoms with Crippen molar-refractivity contribution in [1.29, 1.82) is 0 Å². The molecule has 1 N–H and O–H groups in total. The lowest BCUT2D eigenvalue weighted by Crippen LogP contribution is -2.36. The second-order valence-electron chi connectivity index (χ2n) is 7.67. The summed E-state index contributed by atoms with van der Waals surface area (Å²) in [6.07, 6.45) is 0. The largest absolute Gasteiger partial charge is 0.352 e. The van der Waals surface area contributed by atoms with Crippen molar-refractivity contribution in [1.82, 2.24) is 10.2 Å². The molecule has 0 aliphatic carbocycles. The Labute approximate surface area is 161 Å². The monoisotopic (exact) mass is 364 g/mol. The van der Waals surface area contributed by atoms with E-state index in [2.05, 4.69) is 24.4 Å². The summed E-state index contributed by atoms with van der Waals surface area (Å²) in [4.78, 5) is 27.4. The highest BCUT2D eigenvalue weighted by atomic mass is 16.2. The summed E-state index contributed by atoms with van der Waals surface area (Å²) in [5, 5.41) is 3.07. The first-order valence-electron chi connectivity index (χ1n) is 9.63. The van der Waals surface area contributed by atoms with Gasteiger partial charge in [0.15, 0.2) is 0 Å². The summed E-state index contributed by atoms with van der Waals surface area (Å²) < 4.78 is 0. The number of likely N-dealkylation sites (tertiary alicyclic amines) is 1. The van der Waals surface area contributed by atoms with Gasteiger partial charge in [0.1, 0.15) is 0 Å². The normalized spacial score (nSPS) is 19.3. The molecule has 2 aromatic carbocycles. The molecule has 2 atom stereocenters. The highest BCUT2D eigenvalue weighted by Gasteiger charge is 2.41. The zero-order chi connectivity index (χ0) is 19.4. The maximum absolute atomic E-state index is 13.0. The lowest BCUT2D eigenvalue weighted by atomic mass is 9.86. The smallest absolute Gasteiger partial charge is 0.225 e. The molecule has 1 aliphatic heterocycles. The molecular formula is C23H28N2O2. The van der Waals surface area contributed by atoms with Crippen LogP contribution in [0.2, 0.25) is 0 Å². The topological polar surface area (TPSA) is 49.4 Å². The molecule has 3 rings (SSSR count). The lowest BCUT2D eigenvalue weighted by molar-refractivity contribution is -0.133. The van der Waals surface area contributed by atoms with Crippen molar-refractivity contribution in [2.75, 3.05) is 13.1 Å². The molecule has 4 heteroatoms. The molecule has 1 saturated heterocycles. The van der Waals surface area contributed by atoms with Gasteiger partial charge in [-0.3, -0.25) is 9.59 Å². The van der Waals surface area contributed by atoms with Gasteiger partial charge < -0.3 is 10.2 Å². The van der Waals surface area contributed by atoms with Crippen molar-refractivity contribution >= 4 is 11.8 Å². The average molecular weight is 364 g/mol. The molecule has 0 spiro atoms. The minimum absolute atomic E-state index is 0.0196. The maximum Gasteiger partial charge on any atom is 0.225 e. The third-order valence-corrected chi connectivity index (χ3v) is 5.36. The summed E-state index contributed by atoms with van der Waals surface area (Å²) in [6, 6.07) is 18.1. The predicted octanol–water partition coefficient (Wildman–Crippen LogP) is 3.51. The zero-order valence-corrected chi connectivity index (χ0v) is 16.3. The zero-order valence-electron chi connectivity index (χ0n) is 16.3. The van der Waals surface area contributed by atoms with E-state index < -0.39 is 0 Å². The van der Waals surface area contributed by atoms with Gasteiger partial charge in [0.05, 0.1) is 5.92 Å². The van der Waals surface area contributed by atoms with Crippen molar-refractivity contribution in [3.8, 4) is 0 Å². The van der Waals surface area contributed by atoms with Crippen molar-refractivity contribution in [2.45, 2.75) is 33.2 Å². The van der Waals surface area contributed by atoms with E-state index >= 15 is 0 Å². The molecule has 2 amide bonds. The number of nitrogens with one attached hydrogen (secondary N) is 1. The van der Waals surface area contributed by atoms with Crippen LogP contribution in [0.5, 0.6) is 0 Å². The first-order chi connectivity index (χ1) is 13.0. The minimum Gasteiger partial charge on any atom is -0.352 e. The third kappa shape index (κ3) is 4.38. The summed E-state index contributed by atoms with van der Waals surface area (Å²) in [5.74, 6) is -0.117. The van der Waals surface area contributed by atoms with E-state index in [9.17, 15) is 9.59 Å². The number of amides is 2. The van der Waals surface area contributed by atoms with Crippen LogP contribution in [0.15, 0.2) is 54.6 Å². The highest BCUT2D eigenvalue weighted by Crippen LogP contribution is 2.35. The number of aryl methyl sites for hydroxylation is 1. The van der Waals surface area contributed by atoms with Gasteiger partial charge in [-0.05, 0) is 23.6 Å². The van der Waals surface area contributed by atoms with Crippen LogP contribution in [0.4, 0.5) is 0 Å². The fourth-order valence-electron chi connectivity index (χ4n) is 3.85. The lowest BCUT2D eigenvalue weighted by Gasteiger charge is -2.20. The Morgan fingerprint density at radius 2 is 1.70 bits per heavy atom. The first-order valence-corrected chi connectivity index (χ1v) is 9.63. The van der Waals surface area contributed by atoms with Crippen LogP contribution in [0.3, 0.4) is 0 Å². The van der Waals surface area contributed by atoms with Crippen molar-refractivity contribution in [2.24, 2.45) is 11.8 Å². The Hall–Kier alpha value is -2.62. The summed E-state index contributed by atoms with van der Waals surface area (Å²) in [6.45, 7) is 7.49. The quantitative estimate of drug-likeness (QED) is 0.883. The summed E-state index contributed by atoms with van der Waals surface area (Å²) >= 11 is 0. The number of nitrogens with zero attached hydrogens (tertiary/aromatic N) is 1. The standard InChI is InChI=1S/C23H28N2O2/c1-16(2)23(27)25-14-20(19-12-8-7-9-17(19)3)21(15-25)22(26)24-13-18-10-5-4-6-11-18/h4-12,16,20-21H,13-15H2,1-3H3,(H,24,26). The van der Waals surface area contributed by atoms with Crippen LogP contribution >= 0.6 is 0 Å². The predicted molar refractivity (Wildman–Crippen MR) is 107 cm³/mol. The SMILES string of the molecule is Cc1ccccc1C1CN(C(=O)C(C)C)CC1C(=O)NCc1ccccc1. The van der Waals surface area contributed by atoms with Gasteiger partial charge in [-0.15, -0.1) is 0 Å². The van der Waals surface area contributed by atoms with Crippen LogP contribution in [0.1, 0.15) is 36.5 Å². The second-order valence-corrected chi connectivity index (χ2v) is 7.67. The van der Waals surface area contributed by atoms with E-state index in [1.165, 1.54) is 5.56 Å². The Morgan fingerprint density at radius 1 is 1.04 bits per heavy atom.